The SMILES string of the molecule is CCC[C@H]1C(=O)N[C@@H]([C@@H](C)CC)C(=O)N[C@@H](C)C(=O)N(C)[C@H]2C/C=C\CCN(C2=O)[C@@H](CC2CCC(C(F)(F)F)CC2)C(=O)N(C)CC(=O)N[C@@H](CCC2CC(F)C(C(F)(F)F)C(F)C2)C(=O)N2C[C@H](OCC)C[C@H]2C(=O)NC2(CC(C)(C)C2)C(=O)N(C)[C@@H](C2CCCC2)C(=O)N(C)[C@H](C(=O)N(C)C)CC(=O)N1C. The highest BCUT2D eigenvalue weighted by Gasteiger charge is 2.60. The quantitative estimate of drug-likeness (QED) is 0.109. The van der Waals surface area contributed by atoms with Gasteiger partial charge in [0.1, 0.15) is 78.2 Å². The summed E-state index contributed by atoms with van der Waals surface area (Å²) in [6.45, 7) is 10.7. The monoisotopic (exact) mass is 1560 g/mol. The number of likely N-dealkylation sites (N-methyl/N-ethyl adjacent to an activating group) is 6. The molecule has 6 fully saturated rings. The topological polar surface area (TPSA) is 288 Å². The van der Waals surface area contributed by atoms with E-state index in [1.807, 2.05) is 13.8 Å². The molecule has 33 heteroatoms. The fourth-order valence-corrected chi connectivity index (χ4v) is 17.9. The first kappa shape index (κ1) is 89.0. The summed E-state index contributed by atoms with van der Waals surface area (Å²) >= 11 is 0. The molecule has 7 rings (SSSR count). The van der Waals surface area contributed by atoms with E-state index >= 15 is 37.5 Å². The molecule has 616 valence electrons. The molecule has 12 amide bonds. The molecule has 2 bridgehead atoms. The van der Waals surface area contributed by atoms with E-state index in [0.29, 0.717) is 38.5 Å². The highest BCUT2D eigenvalue weighted by Crippen LogP contribution is 2.50. The predicted molar refractivity (Wildman–Crippen MR) is 386 cm³/mol. The predicted octanol–water partition coefficient (Wildman–Crippen LogP) is 6.79. The van der Waals surface area contributed by atoms with E-state index in [1.165, 1.54) is 71.0 Å². The van der Waals surface area contributed by atoms with E-state index < -0.39 is 235 Å². The molecule has 2 saturated heterocycles. The summed E-state index contributed by atoms with van der Waals surface area (Å²) in [6, 6.07) is -12.9. The second-order valence-electron chi connectivity index (χ2n) is 33.0. The second kappa shape index (κ2) is 37.4. The van der Waals surface area contributed by atoms with Gasteiger partial charge in [0.15, 0.2) is 0 Å². The normalized spacial score (nSPS) is 32.8. The maximum Gasteiger partial charge on any atom is 0.397 e. The van der Waals surface area contributed by atoms with Crippen molar-refractivity contribution in [2.24, 2.45) is 40.9 Å². The van der Waals surface area contributed by atoms with Crippen LogP contribution in [0.4, 0.5) is 35.1 Å². The van der Waals surface area contributed by atoms with Gasteiger partial charge in [-0.2, -0.15) is 26.3 Å². The number of ether oxygens (including phenoxy) is 1. The minimum atomic E-state index is -5.22. The van der Waals surface area contributed by atoms with Crippen molar-refractivity contribution in [3.63, 3.8) is 0 Å². The van der Waals surface area contributed by atoms with E-state index in [9.17, 15) is 55.1 Å². The summed E-state index contributed by atoms with van der Waals surface area (Å²) < 4.78 is 121. The van der Waals surface area contributed by atoms with Crippen LogP contribution in [0.2, 0.25) is 0 Å². The summed E-state index contributed by atoms with van der Waals surface area (Å²) in [7, 11) is 9.51. The fraction of sp³-hybridized carbons (Fsp3) is 0.816. The Kier molecular flexibility index (Phi) is 30.5. The zero-order chi connectivity index (χ0) is 81.3. The van der Waals surface area contributed by atoms with E-state index in [4.69, 9.17) is 4.74 Å². The number of hydrogen-bond donors (Lipinski definition) is 4. The van der Waals surface area contributed by atoms with Crippen LogP contribution in [0, 0.1) is 40.9 Å². The van der Waals surface area contributed by atoms with Gasteiger partial charge in [-0.15, -0.1) is 0 Å². The lowest BCUT2D eigenvalue weighted by molar-refractivity contribution is -0.219. The summed E-state index contributed by atoms with van der Waals surface area (Å²) in [6.07, 6.45) is -13.5. The molecular formula is C76H118F8N12O13. The molecule has 4 saturated carbocycles. The lowest BCUT2D eigenvalue weighted by Crippen LogP contribution is -2.71. The van der Waals surface area contributed by atoms with Gasteiger partial charge in [0.05, 0.1) is 25.0 Å². The lowest BCUT2D eigenvalue weighted by Gasteiger charge is -2.54. The molecule has 0 radical (unpaired) electrons. The van der Waals surface area contributed by atoms with Crippen LogP contribution in [0.5, 0.6) is 0 Å². The number of halogens is 8. The summed E-state index contributed by atoms with van der Waals surface area (Å²) in [5.74, 6) is -17.1. The van der Waals surface area contributed by atoms with Crippen molar-refractivity contribution in [1.82, 2.24) is 60.5 Å². The first-order valence-corrected chi connectivity index (χ1v) is 39.0. The molecule has 4 aliphatic carbocycles. The Morgan fingerprint density at radius 1 is 0.661 bits per heavy atom. The van der Waals surface area contributed by atoms with Crippen LogP contribution < -0.4 is 21.3 Å². The summed E-state index contributed by atoms with van der Waals surface area (Å²) in [4.78, 5) is 191. The molecule has 13 atom stereocenters. The Morgan fingerprint density at radius 3 is 1.84 bits per heavy atom. The number of carbonyl (C=O) groups excluding carboxylic acids is 12. The molecule has 0 aromatic heterocycles. The van der Waals surface area contributed by atoms with Gasteiger partial charge < -0.3 is 65.2 Å². The third kappa shape index (κ3) is 21.5. The number of hydrogen-bond acceptors (Lipinski definition) is 13. The minimum absolute atomic E-state index is 0.00933. The highest BCUT2D eigenvalue weighted by atomic mass is 19.4. The zero-order valence-corrected chi connectivity index (χ0v) is 65.8. The average molecular weight is 1560 g/mol. The number of alkyl halides is 8. The molecule has 0 aromatic rings. The molecular weight excluding hydrogens is 1440 g/mol. The van der Waals surface area contributed by atoms with Crippen molar-refractivity contribution < 1.29 is 97.4 Å². The number of carbonyl (C=O) groups is 12. The van der Waals surface area contributed by atoms with E-state index in [1.54, 1.807) is 39.8 Å². The second-order valence-corrected chi connectivity index (χ2v) is 33.0. The molecule has 109 heavy (non-hydrogen) atoms. The van der Waals surface area contributed by atoms with Gasteiger partial charge in [0.25, 0.3) is 0 Å². The summed E-state index contributed by atoms with van der Waals surface area (Å²) in [5, 5.41) is 11.1. The number of rotatable bonds is 13. The van der Waals surface area contributed by atoms with Crippen molar-refractivity contribution in [3.05, 3.63) is 12.2 Å². The Labute approximate surface area is 635 Å². The Balaban J connectivity index is 1.34. The molecule has 7 aliphatic rings. The van der Waals surface area contributed by atoms with Crippen LogP contribution in [0.1, 0.15) is 190 Å². The third-order valence-electron chi connectivity index (χ3n) is 24.1. The molecule has 2 unspecified atom stereocenters. The van der Waals surface area contributed by atoms with Crippen molar-refractivity contribution in [2.75, 3.05) is 75.6 Å². The maximum atomic E-state index is 15.8. The van der Waals surface area contributed by atoms with E-state index in [2.05, 4.69) is 21.3 Å². The van der Waals surface area contributed by atoms with Gasteiger partial charge in [0, 0.05) is 75.5 Å². The first-order chi connectivity index (χ1) is 50.9. The summed E-state index contributed by atoms with van der Waals surface area (Å²) in [5.41, 5.74) is -2.37. The lowest BCUT2D eigenvalue weighted by atomic mass is 9.58. The number of nitrogens with one attached hydrogen (secondary N) is 4. The zero-order valence-electron chi connectivity index (χ0n) is 65.8. The van der Waals surface area contributed by atoms with Crippen molar-refractivity contribution >= 4 is 70.9 Å². The highest BCUT2D eigenvalue weighted by molar-refractivity contribution is 6.01. The molecule has 25 nitrogen and oxygen atoms in total. The molecule has 3 aliphatic heterocycles. The van der Waals surface area contributed by atoms with Crippen LogP contribution >= 0.6 is 0 Å². The maximum absolute atomic E-state index is 15.8. The number of amides is 12. The molecule has 3 heterocycles. The first-order valence-electron chi connectivity index (χ1n) is 39.0. The minimum Gasteiger partial charge on any atom is -0.377 e. The Morgan fingerprint density at radius 2 is 1.28 bits per heavy atom. The third-order valence-corrected chi connectivity index (χ3v) is 24.1. The van der Waals surface area contributed by atoms with Crippen LogP contribution in [0.15, 0.2) is 12.2 Å². The van der Waals surface area contributed by atoms with E-state index in [0.717, 1.165) is 24.5 Å². The molecule has 4 N–H and O–H groups in total. The largest absolute Gasteiger partial charge is 0.397 e. The average Bonchev–Trinajstić information content (AvgIpc) is 1.30. The van der Waals surface area contributed by atoms with Gasteiger partial charge in [-0.25, -0.2) is 8.78 Å². The van der Waals surface area contributed by atoms with Crippen LogP contribution in [-0.4, -0.2) is 276 Å². The number of fused-ring (bicyclic) bond motifs is 3. The number of nitrogens with zero attached hydrogens (tertiary/aromatic N) is 8. The van der Waals surface area contributed by atoms with E-state index in [-0.39, 0.29) is 96.7 Å². The van der Waals surface area contributed by atoms with Crippen LogP contribution in [0.3, 0.4) is 0 Å². The standard InChI is InChI=1S/C76H118F8N12O13/c1-15-23-53-63(99)87-61(43(4)16-2)65(101)85-44(5)66(102)92(12)54-26-19-18-22-33-95(70(54)106)57(36-45-27-30-48(31-28-45)75(79,80)81)69(105)90(10)40-58(97)86-52(32-29-46-34-50(77)60(51(78)35-46)76(82,83)84)67(103)96-39-49(109-17-3)37-55(96)64(100)88-74(41-73(6,7)42-74)72(108)94(14)62(47-24-20-21-25-47)71(107)93(13)56(68(104)89(8)9)38-59(98)91(53)11/h18-19,43-57,60-62H,15-17,20-42H2,1-14H3,(H,85,101)(H,86,97)(H,87,99)(H,88,100)/b19-18-/t43-,44-,45?,46?,48?,49+,50?,51?,52-,53-,54-,55-,56-,57-,60?,61-,62-/m0/s1. The van der Waals surface area contributed by atoms with Gasteiger partial charge in [-0.05, 0) is 146 Å². The van der Waals surface area contributed by atoms with Gasteiger partial charge in [0.2, 0.25) is 70.9 Å². The van der Waals surface area contributed by atoms with Gasteiger partial charge in [-0.3, -0.25) is 57.5 Å². The van der Waals surface area contributed by atoms with Gasteiger partial charge in [-0.1, -0.05) is 72.5 Å². The Bertz CT molecular complexity index is 3270. The smallest absolute Gasteiger partial charge is 0.377 e. The van der Waals surface area contributed by atoms with Crippen molar-refractivity contribution in [2.45, 2.75) is 280 Å². The Hall–Kier alpha value is -7.22. The van der Waals surface area contributed by atoms with Gasteiger partial charge >= 0.3 is 12.4 Å². The van der Waals surface area contributed by atoms with Crippen molar-refractivity contribution in [3.8, 4) is 0 Å². The fourth-order valence-electron chi connectivity index (χ4n) is 17.9. The van der Waals surface area contributed by atoms with Crippen LogP contribution in [0.25, 0.3) is 0 Å². The molecule has 0 aromatic carbocycles. The van der Waals surface area contributed by atoms with Crippen molar-refractivity contribution in [1.29, 1.82) is 0 Å². The van der Waals surface area contributed by atoms with Crippen LogP contribution in [-0.2, 0) is 62.3 Å². The molecule has 1 spiro atoms.